The van der Waals surface area contributed by atoms with E-state index >= 15 is 0 Å². The lowest BCUT2D eigenvalue weighted by Crippen LogP contribution is -2.21. The third-order valence-electron chi connectivity index (χ3n) is 3.32. The highest BCUT2D eigenvalue weighted by molar-refractivity contribution is 6.34. The van der Waals surface area contributed by atoms with Crippen LogP contribution in [-0.4, -0.2) is 13.1 Å². The normalized spacial score (nSPS) is 20.4. The minimum absolute atomic E-state index is 0.775. The Labute approximate surface area is 102 Å². The number of nitrogens with zero attached hydrogens (tertiary/aromatic N) is 1. The number of anilines is 2. The van der Waals surface area contributed by atoms with Crippen molar-refractivity contribution in [2.75, 3.05) is 23.7 Å². The molecule has 16 heavy (non-hydrogen) atoms. The van der Waals surface area contributed by atoms with Crippen LogP contribution in [0.1, 0.15) is 26.2 Å². The highest BCUT2D eigenvalue weighted by atomic mass is 35.5. The number of para-hydroxylation sites is 1. The number of nitrogen functional groups attached to an aromatic ring is 1. The van der Waals surface area contributed by atoms with Gasteiger partial charge in [-0.3, -0.25) is 0 Å². The van der Waals surface area contributed by atoms with E-state index in [0.29, 0.717) is 0 Å². The predicted molar refractivity (Wildman–Crippen MR) is 71.1 cm³/mol. The molecule has 1 heterocycles. The molecule has 1 aromatic carbocycles. The van der Waals surface area contributed by atoms with Crippen LogP contribution in [0.4, 0.5) is 11.4 Å². The van der Waals surface area contributed by atoms with Crippen LogP contribution in [0.5, 0.6) is 0 Å². The van der Waals surface area contributed by atoms with Crippen molar-refractivity contribution >= 4 is 23.0 Å². The molecule has 88 valence electrons. The average molecular weight is 239 g/mol. The molecule has 0 spiro atoms. The summed E-state index contributed by atoms with van der Waals surface area (Å²) < 4.78 is 0. The molecule has 2 N–H and O–H groups in total. The van der Waals surface area contributed by atoms with Crippen LogP contribution in [-0.2, 0) is 0 Å². The zero-order chi connectivity index (χ0) is 11.5. The molecule has 1 unspecified atom stereocenters. The van der Waals surface area contributed by atoms with Gasteiger partial charge in [0.2, 0.25) is 0 Å². The zero-order valence-electron chi connectivity index (χ0n) is 9.75. The topological polar surface area (TPSA) is 29.3 Å². The van der Waals surface area contributed by atoms with Gasteiger partial charge in [-0.15, -0.1) is 0 Å². The molecule has 0 saturated carbocycles. The SMILES string of the molecule is CCCC1CCN(c2c(N)cccc2Cl)C1. The Hall–Kier alpha value is -0.890. The lowest BCUT2D eigenvalue weighted by atomic mass is 10.0. The van der Waals surface area contributed by atoms with Gasteiger partial charge in [0.1, 0.15) is 0 Å². The second-order valence-corrected chi connectivity index (χ2v) is 4.97. The largest absolute Gasteiger partial charge is 0.397 e. The summed E-state index contributed by atoms with van der Waals surface area (Å²) in [5.74, 6) is 0.806. The van der Waals surface area contributed by atoms with E-state index in [0.717, 1.165) is 35.4 Å². The number of benzene rings is 1. The maximum Gasteiger partial charge on any atom is 0.0789 e. The minimum Gasteiger partial charge on any atom is -0.397 e. The van der Waals surface area contributed by atoms with Gasteiger partial charge in [-0.2, -0.15) is 0 Å². The van der Waals surface area contributed by atoms with Crippen molar-refractivity contribution in [2.45, 2.75) is 26.2 Å². The van der Waals surface area contributed by atoms with Crippen molar-refractivity contribution in [1.82, 2.24) is 0 Å². The molecule has 3 heteroatoms. The van der Waals surface area contributed by atoms with Crippen molar-refractivity contribution in [3.8, 4) is 0 Å². The fourth-order valence-electron chi connectivity index (χ4n) is 2.55. The average Bonchev–Trinajstić information content (AvgIpc) is 2.67. The van der Waals surface area contributed by atoms with E-state index in [4.69, 9.17) is 17.3 Å². The molecule has 0 amide bonds. The number of hydrogen-bond donors (Lipinski definition) is 1. The summed E-state index contributed by atoms with van der Waals surface area (Å²) in [6, 6.07) is 5.75. The van der Waals surface area contributed by atoms with E-state index in [2.05, 4.69) is 11.8 Å². The minimum atomic E-state index is 0.775. The van der Waals surface area contributed by atoms with E-state index in [1.807, 2.05) is 18.2 Å². The fraction of sp³-hybridized carbons (Fsp3) is 0.538. The van der Waals surface area contributed by atoms with Gasteiger partial charge in [-0.1, -0.05) is 31.0 Å². The maximum atomic E-state index is 6.21. The highest BCUT2D eigenvalue weighted by Crippen LogP contribution is 2.35. The Morgan fingerprint density at radius 2 is 2.31 bits per heavy atom. The number of nitrogens with two attached hydrogens (primary N) is 1. The lowest BCUT2D eigenvalue weighted by molar-refractivity contribution is 0.530. The van der Waals surface area contributed by atoms with E-state index < -0.39 is 0 Å². The van der Waals surface area contributed by atoms with E-state index in [-0.39, 0.29) is 0 Å². The van der Waals surface area contributed by atoms with Gasteiger partial charge in [0.25, 0.3) is 0 Å². The predicted octanol–water partition coefficient (Wildman–Crippen LogP) is 3.55. The Morgan fingerprint density at radius 3 is 3.00 bits per heavy atom. The molecular formula is C13H19ClN2. The van der Waals surface area contributed by atoms with Crippen molar-refractivity contribution in [2.24, 2.45) is 5.92 Å². The molecule has 0 aliphatic carbocycles. The summed E-state index contributed by atoms with van der Waals surface area (Å²) in [5, 5.41) is 0.775. The fourth-order valence-corrected chi connectivity index (χ4v) is 2.85. The lowest BCUT2D eigenvalue weighted by Gasteiger charge is -2.21. The summed E-state index contributed by atoms with van der Waals surface area (Å²) >= 11 is 6.21. The molecule has 0 bridgehead atoms. The molecule has 2 rings (SSSR count). The smallest absolute Gasteiger partial charge is 0.0789 e. The zero-order valence-corrected chi connectivity index (χ0v) is 10.5. The molecule has 0 radical (unpaired) electrons. The standard InChI is InChI=1S/C13H19ClN2/c1-2-4-10-7-8-16(9-10)13-11(14)5-3-6-12(13)15/h3,5-6,10H,2,4,7-9,15H2,1H3. The van der Waals surface area contributed by atoms with Crippen LogP contribution in [0.15, 0.2) is 18.2 Å². The van der Waals surface area contributed by atoms with Crippen LogP contribution in [0.25, 0.3) is 0 Å². The van der Waals surface area contributed by atoms with Crippen molar-refractivity contribution < 1.29 is 0 Å². The number of rotatable bonds is 3. The van der Waals surface area contributed by atoms with Crippen molar-refractivity contribution in [1.29, 1.82) is 0 Å². The Balaban J connectivity index is 2.14. The Bertz CT molecular complexity index is 345. The third-order valence-corrected chi connectivity index (χ3v) is 3.62. The maximum absolute atomic E-state index is 6.21. The Morgan fingerprint density at radius 1 is 1.50 bits per heavy atom. The summed E-state index contributed by atoms with van der Waals surface area (Å²) in [4.78, 5) is 2.33. The van der Waals surface area contributed by atoms with Gasteiger partial charge < -0.3 is 10.6 Å². The van der Waals surface area contributed by atoms with Crippen LogP contribution in [0, 0.1) is 5.92 Å². The van der Waals surface area contributed by atoms with E-state index in [1.165, 1.54) is 19.3 Å². The first-order valence-electron chi connectivity index (χ1n) is 6.01. The van der Waals surface area contributed by atoms with E-state index in [1.54, 1.807) is 0 Å². The van der Waals surface area contributed by atoms with Crippen molar-refractivity contribution in [3.63, 3.8) is 0 Å². The first-order chi connectivity index (χ1) is 7.72. The Kier molecular flexibility index (Phi) is 3.59. The third kappa shape index (κ3) is 2.27. The highest BCUT2D eigenvalue weighted by Gasteiger charge is 2.24. The van der Waals surface area contributed by atoms with Crippen LogP contribution >= 0.6 is 11.6 Å². The number of halogens is 1. The molecular weight excluding hydrogens is 220 g/mol. The molecule has 1 aliphatic heterocycles. The van der Waals surface area contributed by atoms with Gasteiger partial charge in [-0.25, -0.2) is 0 Å². The molecule has 1 aliphatic rings. The summed E-state index contributed by atoms with van der Waals surface area (Å²) in [7, 11) is 0. The first kappa shape index (κ1) is 11.6. The molecule has 1 fully saturated rings. The monoisotopic (exact) mass is 238 g/mol. The molecule has 0 aromatic heterocycles. The number of hydrogen-bond acceptors (Lipinski definition) is 2. The quantitative estimate of drug-likeness (QED) is 0.816. The molecule has 1 saturated heterocycles. The summed E-state index contributed by atoms with van der Waals surface area (Å²) in [5.41, 5.74) is 7.82. The van der Waals surface area contributed by atoms with Gasteiger partial charge in [0.05, 0.1) is 16.4 Å². The second kappa shape index (κ2) is 4.96. The molecule has 2 nitrogen and oxygen atoms in total. The van der Waals surface area contributed by atoms with Crippen molar-refractivity contribution in [3.05, 3.63) is 23.2 Å². The van der Waals surface area contributed by atoms with Crippen LogP contribution in [0.3, 0.4) is 0 Å². The van der Waals surface area contributed by atoms with Gasteiger partial charge in [0.15, 0.2) is 0 Å². The second-order valence-electron chi connectivity index (χ2n) is 4.57. The van der Waals surface area contributed by atoms with Gasteiger partial charge >= 0.3 is 0 Å². The molecule has 1 aromatic rings. The summed E-state index contributed by atoms with van der Waals surface area (Å²) in [6.07, 6.45) is 3.83. The van der Waals surface area contributed by atoms with E-state index in [9.17, 15) is 0 Å². The first-order valence-corrected chi connectivity index (χ1v) is 6.39. The van der Waals surface area contributed by atoms with Gasteiger partial charge in [0, 0.05) is 13.1 Å². The molecule has 1 atom stereocenters. The van der Waals surface area contributed by atoms with Gasteiger partial charge in [-0.05, 0) is 30.9 Å². The van der Waals surface area contributed by atoms with Crippen LogP contribution in [0.2, 0.25) is 5.02 Å². The summed E-state index contributed by atoms with van der Waals surface area (Å²) in [6.45, 7) is 4.42. The van der Waals surface area contributed by atoms with Crippen LogP contribution < -0.4 is 10.6 Å².